The normalized spacial score (nSPS) is 10.4. The van der Waals surface area contributed by atoms with Crippen LogP contribution in [0.25, 0.3) is 10.9 Å². The van der Waals surface area contributed by atoms with Crippen molar-refractivity contribution in [3.05, 3.63) is 33.3 Å². The minimum Gasteiger partial charge on any atom is -0.495 e. The van der Waals surface area contributed by atoms with Gasteiger partial charge in [-0.25, -0.2) is 4.98 Å². The van der Waals surface area contributed by atoms with Gasteiger partial charge in [-0.3, -0.25) is 4.79 Å². The number of methoxy groups -OCH3 is 1. The van der Waals surface area contributed by atoms with Gasteiger partial charge in [0.05, 0.1) is 28.8 Å². The molecule has 2 rings (SSSR count). The highest BCUT2D eigenvalue weighted by molar-refractivity contribution is 9.10. The molecular formula is C9H7BrN2O2. The number of hydrogen-bond donors (Lipinski definition) is 1. The Bertz CT molecular complexity index is 536. The van der Waals surface area contributed by atoms with E-state index in [0.717, 1.165) is 0 Å². The van der Waals surface area contributed by atoms with Crippen LogP contribution in [0.5, 0.6) is 5.75 Å². The van der Waals surface area contributed by atoms with Crippen molar-refractivity contribution in [2.24, 2.45) is 0 Å². The highest BCUT2D eigenvalue weighted by Crippen LogP contribution is 2.29. The lowest BCUT2D eigenvalue weighted by atomic mass is 10.2. The molecule has 0 aliphatic rings. The molecule has 5 heteroatoms. The summed E-state index contributed by atoms with van der Waals surface area (Å²) in [6.45, 7) is 0. The molecule has 0 aliphatic carbocycles. The van der Waals surface area contributed by atoms with Crippen LogP contribution in [0.3, 0.4) is 0 Å². The lowest BCUT2D eigenvalue weighted by Gasteiger charge is -2.04. The Kier molecular flexibility index (Phi) is 2.25. The van der Waals surface area contributed by atoms with Gasteiger partial charge in [-0.2, -0.15) is 0 Å². The summed E-state index contributed by atoms with van der Waals surface area (Å²) < 4.78 is 5.79. The zero-order chi connectivity index (χ0) is 10.1. The van der Waals surface area contributed by atoms with Crippen molar-refractivity contribution in [3.8, 4) is 5.75 Å². The van der Waals surface area contributed by atoms with Crippen molar-refractivity contribution in [1.29, 1.82) is 0 Å². The maximum Gasteiger partial charge on any atom is 0.258 e. The SMILES string of the molecule is COc1ccc2c(=O)[nH]cnc2c1Br. The van der Waals surface area contributed by atoms with E-state index in [1.165, 1.54) is 6.33 Å². The number of nitrogens with one attached hydrogen (secondary N) is 1. The highest BCUT2D eigenvalue weighted by Gasteiger charge is 2.07. The molecule has 0 saturated heterocycles. The molecule has 0 aliphatic heterocycles. The summed E-state index contributed by atoms with van der Waals surface area (Å²) in [7, 11) is 1.57. The number of halogens is 1. The number of hydrogen-bond acceptors (Lipinski definition) is 3. The van der Waals surface area contributed by atoms with Gasteiger partial charge < -0.3 is 9.72 Å². The van der Waals surface area contributed by atoms with E-state index < -0.39 is 0 Å². The monoisotopic (exact) mass is 254 g/mol. The molecule has 0 atom stereocenters. The van der Waals surface area contributed by atoms with Crippen LogP contribution in [-0.2, 0) is 0 Å². The fourth-order valence-electron chi connectivity index (χ4n) is 1.25. The van der Waals surface area contributed by atoms with E-state index in [-0.39, 0.29) is 5.56 Å². The van der Waals surface area contributed by atoms with Gasteiger partial charge in [0.25, 0.3) is 5.56 Å². The largest absolute Gasteiger partial charge is 0.495 e. The third-order valence-electron chi connectivity index (χ3n) is 1.93. The zero-order valence-corrected chi connectivity index (χ0v) is 8.96. The van der Waals surface area contributed by atoms with Crippen LogP contribution in [0, 0.1) is 0 Å². The van der Waals surface area contributed by atoms with Crippen molar-refractivity contribution in [2.75, 3.05) is 7.11 Å². The van der Waals surface area contributed by atoms with E-state index >= 15 is 0 Å². The van der Waals surface area contributed by atoms with Crippen LogP contribution in [0.15, 0.2) is 27.7 Å². The predicted molar refractivity (Wildman–Crippen MR) is 56.6 cm³/mol. The Morgan fingerprint density at radius 2 is 2.29 bits per heavy atom. The molecule has 0 radical (unpaired) electrons. The molecule has 2 aromatic rings. The fourth-order valence-corrected chi connectivity index (χ4v) is 1.86. The van der Waals surface area contributed by atoms with Crippen LogP contribution in [0.4, 0.5) is 0 Å². The molecule has 0 amide bonds. The zero-order valence-electron chi connectivity index (χ0n) is 7.37. The second-order valence-electron chi connectivity index (χ2n) is 2.71. The van der Waals surface area contributed by atoms with E-state index in [0.29, 0.717) is 21.1 Å². The fraction of sp³-hybridized carbons (Fsp3) is 0.111. The molecule has 1 N–H and O–H groups in total. The van der Waals surface area contributed by atoms with Gasteiger partial charge in [0, 0.05) is 0 Å². The molecule has 1 aromatic carbocycles. The quantitative estimate of drug-likeness (QED) is 0.843. The summed E-state index contributed by atoms with van der Waals surface area (Å²) in [5.74, 6) is 0.663. The molecule has 14 heavy (non-hydrogen) atoms. The molecule has 72 valence electrons. The minimum absolute atomic E-state index is 0.154. The first kappa shape index (κ1) is 9.21. The topological polar surface area (TPSA) is 55.0 Å². The Hall–Kier alpha value is -1.36. The van der Waals surface area contributed by atoms with Crippen LogP contribution >= 0.6 is 15.9 Å². The third-order valence-corrected chi connectivity index (χ3v) is 2.70. The van der Waals surface area contributed by atoms with E-state index in [1.807, 2.05) is 0 Å². The molecule has 0 fully saturated rings. The van der Waals surface area contributed by atoms with Crippen LogP contribution in [0.2, 0.25) is 0 Å². The van der Waals surface area contributed by atoms with E-state index in [2.05, 4.69) is 25.9 Å². The molecule has 0 saturated carbocycles. The smallest absolute Gasteiger partial charge is 0.258 e. The average Bonchev–Trinajstić information content (AvgIpc) is 2.20. The summed E-state index contributed by atoms with van der Waals surface area (Å²) in [6, 6.07) is 3.41. The summed E-state index contributed by atoms with van der Waals surface area (Å²) in [5, 5.41) is 0.542. The van der Waals surface area contributed by atoms with Crippen LogP contribution in [-0.4, -0.2) is 17.1 Å². The second kappa shape index (κ2) is 3.42. The number of benzene rings is 1. The first-order valence-corrected chi connectivity index (χ1v) is 4.73. The first-order chi connectivity index (χ1) is 6.74. The molecular weight excluding hydrogens is 248 g/mol. The van der Waals surface area contributed by atoms with Gasteiger partial charge in [-0.1, -0.05) is 0 Å². The summed E-state index contributed by atoms with van der Waals surface area (Å²) in [5.41, 5.74) is 0.450. The number of rotatable bonds is 1. The standard InChI is InChI=1S/C9H7BrN2O2/c1-14-6-3-2-5-8(7(6)10)11-4-12-9(5)13/h2-4H,1H3,(H,11,12,13). The van der Waals surface area contributed by atoms with E-state index in [1.54, 1.807) is 19.2 Å². The number of aromatic nitrogens is 2. The lowest BCUT2D eigenvalue weighted by molar-refractivity contribution is 0.413. The summed E-state index contributed by atoms with van der Waals surface area (Å²) in [4.78, 5) is 18.0. The number of fused-ring (bicyclic) bond motifs is 1. The molecule has 0 spiro atoms. The van der Waals surface area contributed by atoms with Crippen molar-refractivity contribution >= 4 is 26.8 Å². The highest BCUT2D eigenvalue weighted by atomic mass is 79.9. The van der Waals surface area contributed by atoms with Gasteiger partial charge in [0.2, 0.25) is 0 Å². The Morgan fingerprint density at radius 1 is 1.50 bits per heavy atom. The minimum atomic E-state index is -0.154. The molecule has 0 bridgehead atoms. The Morgan fingerprint density at radius 3 is 3.00 bits per heavy atom. The van der Waals surface area contributed by atoms with Crippen LogP contribution in [0.1, 0.15) is 0 Å². The molecule has 4 nitrogen and oxygen atoms in total. The van der Waals surface area contributed by atoms with Gasteiger partial charge >= 0.3 is 0 Å². The van der Waals surface area contributed by atoms with Gasteiger partial charge in [-0.05, 0) is 28.1 Å². The summed E-state index contributed by atoms with van der Waals surface area (Å²) >= 11 is 3.34. The van der Waals surface area contributed by atoms with E-state index in [4.69, 9.17) is 4.74 Å². The molecule has 1 heterocycles. The third kappa shape index (κ3) is 1.29. The number of nitrogens with zero attached hydrogens (tertiary/aromatic N) is 1. The van der Waals surface area contributed by atoms with Gasteiger partial charge in [-0.15, -0.1) is 0 Å². The van der Waals surface area contributed by atoms with Crippen molar-refractivity contribution in [2.45, 2.75) is 0 Å². The first-order valence-electron chi connectivity index (χ1n) is 3.94. The number of aromatic amines is 1. The maximum absolute atomic E-state index is 11.4. The van der Waals surface area contributed by atoms with Crippen molar-refractivity contribution in [3.63, 3.8) is 0 Å². The lowest BCUT2D eigenvalue weighted by Crippen LogP contribution is -2.06. The van der Waals surface area contributed by atoms with E-state index in [9.17, 15) is 4.79 Å². The van der Waals surface area contributed by atoms with Crippen LogP contribution < -0.4 is 10.3 Å². The van der Waals surface area contributed by atoms with Gasteiger partial charge in [0.1, 0.15) is 5.75 Å². The van der Waals surface area contributed by atoms with Gasteiger partial charge in [0.15, 0.2) is 0 Å². The maximum atomic E-state index is 11.4. The second-order valence-corrected chi connectivity index (χ2v) is 3.50. The summed E-state index contributed by atoms with van der Waals surface area (Å²) in [6.07, 6.45) is 1.37. The average molecular weight is 255 g/mol. The number of H-pyrrole nitrogens is 1. The number of ether oxygens (including phenoxy) is 1. The Labute approximate surface area is 88.1 Å². The molecule has 0 unspecified atom stereocenters. The van der Waals surface area contributed by atoms with Crippen molar-refractivity contribution < 1.29 is 4.74 Å². The molecule has 1 aromatic heterocycles. The predicted octanol–water partition coefficient (Wildman–Crippen LogP) is 1.69. The Balaban J connectivity index is 2.91. The van der Waals surface area contributed by atoms with Crippen molar-refractivity contribution in [1.82, 2.24) is 9.97 Å².